The molecule has 3 aromatic rings. The molecule has 1 aliphatic heterocycles. The Balaban J connectivity index is 1.57. The fourth-order valence-electron chi connectivity index (χ4n) is 4.21. The molecule has 1 aliphatic rings. The Kier molecular flexibility index (Phi) is 7.98. The summed E-state index contributed by atoms with van der Waals surface area (Å²) in [6.45, 7) is 3.51. The van der Waals surface area contributed by atoms with Crippen molar-refractivity contribution in [3.05, 3.63) is 76.8 Å². The molecule has 0 aliphatic carbocycles. The van der Waals surface area contributed by atoms with Crippen molar-refractivity contribution in [2.75, 3.05) is 19.0 Å². The van der Waals surface area contributed by atoms with Crippen LogP contribution in [-0.4, -0.2) is 47.2 Å². The van der Waals surface area contributed by atoms with Gasteiger partial charge in [-0.15, -0.1) is 11.3 Å². The normalized spacial score (nSPS) is 16.7. The fourth-order valence-corrected chi connectivity index (χ4v) is 4.92. The van der Waals surface area contributed by atoms with Gasteiger partial charge in [0.05, 0.1) is 13.0 Å². The van der Waals surface area contributed by atoms with Crippen LogP contribution in [0.2, 0.25) is 0 Å². The second-order valence-electron chi connectivity index (χ2n) is 8.71. The third-order valence-corrected chi connectivity index (χ3v) is 7.22. The van der Waals surface area contributed by atoms with Crippen LogP contribution in [0.3, 0.4) is 0 Å². The van der Waals surface area contributed by atoms with Crippen LogP contribution >= 0.6 is 11.3 Å². The first kappa shape index (κ1) is 26.0. The van der Waals surface area contributed by atoms with E-state index >= 15 is 0 Å². The van der Waals surface area contributed by atoms with E-state index < -0.39 is 29.8 Å². The summed E-state index contributed by atoms with van der Waals surface area (Å²) in [5, 5.41) is 7.40. The highest BCUT2D eigenvalue weighted by Gasteiger charge is 2.42. The molecule has 2 heterocycles. The number of thiazole rings is 1. The molecule has 2 unspecified atom stereocenters. The third-order valence-electron chi connectivity index (χ3n) is 6.46. The largest absolute Gasteiger partial charge is 0.497 e. The number of imide groups is 1. The van der Waals surface area contributed by atoms with Crippen molar-refractivity contribution in [1.29, 1.82) is 0 Å². The molecular weight excluding hydrogens is 492 g/mol. The monoisotopic (exact) mass is 520 g/mol. The standard InChI is InChI=1S/C27H28N4O5S/c1-4-22(32)21-15-37-26(28-21)30-24(33)20(16(2)17-8-6-5-7-9-17)14-31-25(34)23(29-27(31)35)18-10-12-19(36-3)13-11-18/h5-13,15-16,20,23H,4,14H2,1-3H3,(H,29,35)(H,28,30,33)/t16?,20?,23-/m1/s1. The number of hydrogen-bond donors (Lipinski definition) is 2. The first-order valence-electron chi connectivity index (χ1n) is 11.9. The lowest BCUT2D eigenvalue weighted by Crippen LogP contribution is -2.41. The summed E-state index contributed by atoms with van der Waals surface area (Å²) in [6.07, 6.45) is 0.312. The summed E-state index contributed by atoms with van der Waals surface area (Å²) in [6, 6.07) is 14.9. The van der Waals surface area contributed by atoms with Gasteiger partial charge < -0.3 is 15.4 Å². The minimum atomic E-state index is -0.851. The number of nitrogens with one attached hydrogen (secondary N) is 2. The molecule has 0 bridgehead atoms. The molecule has 2 N–H and O–H groups in total. The van der Waals surface area contributed by atoms with Crippen molar-refractivity contribution >= 4 is 40.1 Å². The highest BCUT2D eigenvalue weighted by Crippen LogP contribution is 2.30. The van der Waals surface area contributed by atoms with Crippen LogP contribution in [0.1, 0.15) is 53.8 Å². The van der Waals surface area contributed by atoms with Gasteiger partial charge in [0, 0.05) is 18.3 Å². The third kappa shape index (κ3) is 5.69. The molecule has 4 rings (SSSR count). The van der Waals surface area contributed by atoms with E-state index in [9.17, 15) is 19.2 Å². The Hall–Kier alpha value is -4.05. The number of Topliss-reactive ketones (excluding diaryl/α,β-unsaturated/α-hetero) is 1. The van der Waals surface area contributed by atoms with Gasteiger partial charge in [0.1, 0.15) is 17.5 Å². The van der Waals surface area contributed by atoms with Crippen molar-refractivity contribution in [3.8, 4) is 5.75 Å². The molecule has 1 saturated heterocycles. The molecule has 1 aromatic heterocycles. The molecule has 10 heteroatoms. The van der Waals surface area contributed by atoms with Crippen LogP contribution < -0.4 is 15.4 Å². The number of ether oxygens (including phenoxy) is 1. The number of aromatic nitrogens is 1. The predicted molar refractivity (Wildman–Crippen MR) is 140 cm³/mol. The van der Waals surface area contributed by atoms with Crippen LogP contribution in [0.5, 0.6) is 5.75 Å². The predicted octanol–water partition coefficient (Wildman–Crippen LogP) is 4.40. The van der Waals surface area contributed by atoms with Gasteiger partial charge in [0.2, 0.25) is 5.91 Å². The zero-order chi connectivity index (χ0) is 26.5. The van der Waals surface area contributed by atoms with Crippen molar-refractivity contribution < 1.29 is 23.9 Å². The second kappa shape index (κ2) is 11.3. The van der Waals surface area contributed by atoms with Crippen molar-refractivity contribution in [2.24, 2.45) is 5.92 Å². The van der Waals surface area contributed by atoms with Gasteiger partial charge in [0.25, 0.3) is 5.91 Å². The van der Waals surface area contributed by atoms with Crippen LogP contribution in [0.4, 0.5) is 9.93 Å². The van der Waals surface area contributed by atoms with Gasteiger partial charge >= 0.3 is 6.03 Å². The van der Waals surface area contributed by atoms with Gasteiger partial charge in [-0.2, -0.15) is 0 Å². The zero-order valence-electron chi connectivity index (χ0n) is 20.8. The molecule has 4 amide bonds. The molecule has 0 spiro atoms. The first-order valence-corrected chi connectivity index (χ1v) is 12.8. The molecule has 1 fully saturated rings. The molecule has 3 atom stereocenters. The number of rotatable bonds is 10. The summed E-state index contributed by atoms with van der Waals surface area (Å²) in [5.74, 6) is -1.39. The maximum absolute atomic E-state index is 13.5. The van der Waals surface area contributed by atoms with Gasteiger partial charge in [0.15, 0.2) is 10.9 Å². The smallest absolute Gasteiger partial charge is 0.325 e. The number of hydrogen-bond acceptors (Lipinski definition) is 7. The van der Waals surface area contributed by atoms with E-state index in [1.807, 2.05) is 37.3 Å². The molecular formula is C27H28N4O5S. The van der Waals surface area contributed by atoms with Gasteiger partial charge in [-0.3, -0.25) is 19.3 Å². The maximum atomic E-state index is 13.5. The van der Waals surface area contributed by atoms with E-state index in [1.165, 1.54) is 0 Å². The molecule has 37 heavy (non-hydrogen) atoms. The summed E-state index contributed by atoms with van der Waals surface area (Å²) < 4.78 is 5.17. The molecule has 2 aromatic carbocycles. The minimum absolute atomic E-state index is 0.116. The SMILES string of the molecule is CCC(=O)c1csc(NC(=O)C(CN2C(=O)N[C@H](c3ccc(OC)cc3)C2=O)C(C)c2ccccc2)n1. The highest BCUT2D eigenvalue weighted by atomic mass is 32.1. The Morgan fingerprint density at radius 3 is 2.49 bits per heavy atom. The average molecular weight is 521 g/mol. The summed E-state index contributed by atoms with van der Waals surface area (Å²) in [5.41, 5.74) is 1.81. The number of urea groups is 1. The average Bonchev–Trinajstić information content (AvgIpc) is 3.50. The molecule has 0 radical (unpaired) electrons. The lowest BCUT2D eigenvalue weighted by molar-refractivity contribution is -0.129. The van der Waals surface area contributed by atoms with Gasteiger partial charge in [-0.25, -0.2) is 9.78 Å². The summed E-state index contributed by atoms with van der Waals surface area (Å²) in [4.78, 5) is 56.9. The van der Waals surface area contributed by atoms with Crippen LogP contribution in [0.25, 0.3) is 0 Å². The Labute approximate surface area is 218 Å². The number of anilines is 1. The Morgan fingerprint density at radius 2 is 1.84 bits per heavy atom. The molecule has 9 nitrogen and oxygen atoms in total. The number of nitrogens with zero attached hydrogens (tertiary/aromatic N) is 2. The number of carbonyl (C=O) groups excluding carboxylic acids is 4. The number of amides is 4. The van der Waals surface area contributed by atoms with Crippen molar-refractivity contribution in [3.63, 3.8) is 0 Å². The van der Waals surface area contributed by atoms with E-state index in [0.29, 0.717) is 28.6 Å². The van der Waals surface area contributed by atoms with E-state index in [2.05, 4.69) is 15.6 Å². The number of benzene rings is 2. The van der Waals surface area contributed by atoms with E-state index in [0.717, 1.165) is 21.8 Å². The second-order valence-corrected chi connectivity index (χ2v) is 9.57. The minimum Gasteiger partial charge on any atom is -0.497 e. The highest BCUT2D eigenvalue weighted by molar-refractivity contribution is 7.14. The molecule has 0 saturated carbocycles. The Bertz CT molecular complexity index is 1290. The van der Waals surface area contributed by atoms with E-state index in [-0.39, 0.29) is 18.2 Å². The Morgan fingerprint density at radius 1 is 1.14 bits per heavy atom. The van der Waals surface area contributed by atoms with Crippen molar-refractivity contribution in [2.45, 2.75) is 32.2 Å². The number of methoxy groups -OCH3 is 1. The lowest BCUT2D eigenvalue weighted by atomic mass is 9.86. The molecule has 192 valence electrons. The van der Waals surface area contributed by atoms with Crippen LogP contribution in [0.15, 0.2) is 60.0 Å². The fraction of sp³-hybridized carbons (Fsp3) is 0.296. The topological polar surface area (TPSA) is 118 Å². The number of carbonyl (C=O) groups is 4. The van der Waals surface area contributed by atoms with Crippen LogP contribution in [-0.2, 0) is 9.59 Å². The van der Waals surface area contributed by atoms with E-state index in [1.54, 1.807) is 43.7 Å². The maximum Gasteiger partial charge on any atom is 0.325 e. The zero-order valence-corrected chi connectivity index (χ0v) is 21.6. The first-order chi connectivity index (χ1) is 17.8. The number of ketones is 1. The summed E-state index contributed by atoms with van der Waals surface area (Å²) >= 11 is 1.16. The van der Waals surface area contributed by atoms with E-state index in [4.69, 9.17) is 4.74 Å². The summed E-state index contributed by atoms with van der Waals surface area (Å²) in [7, 11) is 1.55. The van der Waals surface area contributed by atoms with Gasteiger partial charge in [-0.05, 0) is 29.2 Å². The van der Waals surface area contributed by atoms with Crippen molar-refractivity contribution in [1.82, 2.24) is 15.2 Å². The van der Waals surface area contributed by atoms with Crippen LogP contribution in [0, 0.1) is 5.92 Å². The quantitative estimate of drug-likeness (QED) is 0.302. The van der Waals surface area contributed by atoms with Gasteiger partial charge in [-0.1, -0.05) is 56.3 Å². The lowest BCUT2D eigenvalue weighted by Gasteiger charge is -2.26.